The molecule has 2 unspecified atom stereocenters. The van der Waals surface area contributed by atoms with Crippen molar-refractivity contribution in [2.75, 3.05) is 6.61 Å². The van der Waals surface area contributed by atoms with Crippen LogP contribution in [-0.2, 0) is 13.8 Å². The van der Waals surface area contributed by atoms with Crippen LogP contribution in [0.4, 0.5) is 0 Å². The Balaban J connectivity index is 2.13. The fourth-order valence-electron chi connectivity index (χ4n) is 2.00. The standard InChI is InChI=1S/C11H17N4O7P/c1-2-21-23(19,20)4-3-6-7(16)8(17)11(22-6)15-5-13-10(14-15)9(12)18/h3-8,11,16-17H,2H2,1H3,(H2,12,18)(H,19,20)/b4-3+/t6-,7-,8-,11?/m1/s1. The van der Waals surface area contributed by atoms with E-state index < -0.39 is 38.0 Å². The highest BCUT2D eigenvalue weighted by atomic mass is 31.2. The highest BCUT2D eigenvalue weighted by Crippen LogP contribution is 2.44. The number of hydrogen-bond donors (Lipinski definition) is 4. The van der Waals surface area contributed by atoms with Crippen molar-refractivity contribution in [3.63, 3.8) is 0 Å². The van der Waals surface area contributed by atoms with Crippen LogP contribution < -0.4 is 5.73 Å². The zero-order valence-corrected chi connectivity index (χ0v) is 13.0. The number of primary amides is 1. The van der Waals surface area contributed by atoms with Crippen molar-refractivity contribution in [3.05, 3.63) is 24.0 Å². The molecule has 0 radical (unpaired) electrons. The van der Waals surface area contributed by atoms with Crippen molar-refractivity contribution < 1.29 is 33.7 Å². The average Bonchev–Trinajstić information content (AvgIpc) is 3.04. The molecule has 1 amide bonds. The summed E-state index contributed by atoms with van der Waals surface area (Å²) >= 11 is 0. The molecule has 12 heteroatoms. The second-order valence-corrected chi connectivity index (χ2v) is 6.39. The van der Waals surface area contributed by atoms with E-state index in [4.69, 9.17) is 10.5 Å². The topological polar surface area (TPSA) is 170 Å². The minimum Gasteiger partial charge on any atom is -0.387 e. The first-order valence-corrected chi connectivity index (χ1v) is 8.28. The van der Waals surface area contributed by atoms with Gasteiger partial charge in [-0.05, 0) is 13.0 Å². The van der Waals surface area contributed by atoms with Crippen LogP contribution in [0.3, 0.4) is 0 Å². The predicted octanol–water partition coefficient (Wildman–Crippen LogP) is -1.27. The number of ether oxygens (including phenoxy) is 1. The molecule has 5 atom stereocenters. The van der Waals surface area contributed by atoms with Gasteiger partial charge in [0.25, 0.3) is 5.91 Å². The van der Waals surface area contributed by atoms with Crippen LogP contribution in [0.25, 0.3) is 0 Å². The number of carbonyl (C=O) groups is 1. The Bertz CT molecular complexity index is 648. The summed E-state index contributed by atoms with van der Waals surface area (Å²) in [7, 11) is -3.94. The second kappa shape index (κ2) is 6.87. The Morgan fingerprint density at radius 3 is 2.83 bits per heavy atom. The summed E-state index contributed by atoms with van der Waals surface area (Å²) in [4.78, 5) is 24.0. The van der Waals surface area contributed by atoms with E-state index in [1.54, 1.807) is 6.92 Å². The maximum Gasteiger partial charge on any atom is 0.351 e. The molecule has 2 rings (SSSR count). The van der Waals surface area contributed by atoms with Gasteiger partial charge in [-0.15, -0.1) is 5.10 Å². The van der Waals surface area contributed by atoms with Gasteiger partial charge in [0.15, 0.2) is 6.23 Å². The van der Waals surface area contributed by atoms with Crippen molar-refractivity contribution in [1.29, 1.82) is 0 Å². The summed E-state index contributed by atoms with van der Waals surface area (Å²) < 4.78 is 22.6. The molecule has 1 saturated heterocycles. The molecule has 128 valence electrons. The molecule has 1 aromatic heterocycles. The summed E-state index contributed by atoms with van der Waals surface area (Å²) in [5.74, 6) is -0.257. The zero-order valence-electron chi connectivity index (χ0n) is 12.1. The van der Waals surface area contributed by atoms with E-state index in [1.165, 1.54) is 0 Å². The third-order valence-electron chi connectivity index (χ3n) is 3.04. The summed E-state index contributed by atoms with van der Waals surface area (Å²) in [5.41, 5.74) is 5.03. The third kappa shape index (κ3) is 4.02. The molecular weight excluding hydrogens is 331 g/mol. The molecule has 11 nitrogen and oxygen atoms in total. The number of hydrogen-bond acceptors (Lipinski definition) is 8. The van der Waals surface area contributed by atoms with Crippen LogP contribution in [-0.4, -0.2) is 60.7 Å². The van der Waals surface area contributed by atoms with Gasteiger partial charge < -0.3 is 30.1 Å². The Labute approximate surface area is 130 Å². The highest BCUT2D eigenvalue weighted by Gasteiger charge is 2.43. The number of aromatic nitrogens is 3. The number of aliphatic hydroxyl groups is 2. The fraction of sp³-hybridized carbons (Fsp3) is 0.545. The van der Waals surface area contributed by atoms with Crippen molar-refractivity contribution in [3.8, 4) is 0 Å². The molecule has 0 spiro atoms. The summed E-state index contributed by atoms with van der Waals surface area (Å²) in [5, 5.41) is 23.7. The van der Waals surface area contributed by atoms with Gasteiger partial charge in [-0.25, -0.2) is 9.67 Å². The van der Waals surface area contributed by atoms with Gasteiger partial charge in [0.1, 0.15) is 24.6 Å². The largest absolute Gasteiger partial charge is 0.387 e. The van der Waals surface area contributed by atoms with Crippen molar-refractivity contribution >= 4 is 13.5 Å². The van der Waals surface area contributed by atoms with Gasteiger partial charge in [-0.1, -0.05) is 0 Å². The molecule has 0 aromatic carbocycles. The lowest BCUT2D eigenvalue weighted by atomic mass is 10.1. The van der Waals surface area contributed by atoms with E-state index in [9.17, 15) is 24.5 Å². The van der Waals surface area contributed by atoms with Crippen LogP contribution in [0.5, 0.6) is 0 Å². The normalized spacial score (nSPS) is 30.6. The summed E-state index contributed by atoms with van der Waals surface area (Å²) in [6, 6.07) is 0. The predicted molar refractivity (Wildman–Crippen MR) is 75.1 cm³/mol. The minimum atomic E-state index is -3.94. The number of nitrogens with two attached hydrogens (primary N) is 1. The molecule has 1 aromatic rings. The van der Waals surface area contributed by atoms with Gasteiger partial charge >= 0.3 is 7.60 Å². The maximum absolute atomic E-state index is 11.6. The lowest BCUT2D eigenvalue weighted by molar-refractivity contribution is -0.0346. The van der Waals surface area contributed by atoms with E-state index in [-0.39, 0.29) is 12.4 Å². The van der Waals surface area contributed by atoms with Crippen LogP contribution in [0.1, 0.15) is 23.8 Å². The highest BCUT2D eigenvalue weighted by molar-refractivity contribution is 7.56. The molecule has 5 N–H and O–H groups in total. The van der Waals surface area contributed by atoms with E-state index in [0.717, 1.165) is 22.9 Å². The fourth-order valence-corrected chi connectivity index (χ4v) is 2.84. The maximum atomic E-state index is 11.6. The van der Waals surface area contributed by atoms with Crippen molar-refractivity contribution in [2.45, 2.75) is 31.5 Å². The van der Waals surface area contributed by atoms with Gasteiger partial charge in [-0.2, -0.15) is 0 Å². The molecule has 1 aliphatic heterocycles. The van der Waals surface area contributed by atoms with E-state index in [0.29, 0.717) is 0 Å². The Kier molecular flexibility index (Phi) is 5.30. The number of rotatable bonds is 6. The van der Waals surface area contributed by atoms with Crippen LogP contribution in [0.15, 0.2) is 18.2 Å². The molecule has 2 heterocycles. The Hall–Kier alpha value is -1.62. The van der Waals surface area contributed by atoms with Gasteiger partial charge in [-0.3, -0.25) is 9.36 Å². The first-order chi connectivity index (χ1) is 10.7. The van der Waals surface area contributed by atoms with Crippen LogP contribution >= 0.6 is 7.60 Å². The van der Waals surface area contributed by atoms with Gasteiger partial charge in [0.2, 0.25) is 5.82 Å². The molecule has 0 saturated carbocycles. The average molecular weight is 348 g/mol. The van der Waals surface area contributed by atoms with E-state index in [2.05, 4.69) is 14.6 Å². The first kappa shape index (κ1) is 17.7. The smallest absolute Gasteiger partial charge is 0.351 e. The number of amides is 1. The zero-order chi connectivity index (χ0) is 17.2. The quantitative estimate of drug-likeness (QED) is 0.458. The number of carbonyl (C=O) groups excluding carboxylic acids is 1. The number of nitrogens with zero attached hydrogens (tertiary/aromatic N) is 3. The molecule has 23 heavy (non-hydrogen) atoms. The Morgan fingerprint density at radius 2 is 2.26 bits per heavy atom. The van der Waals surface area contributed by atoms with Gasteiger partial charge in [0.05, 0.1) is 6.61 Å². The third-order valence-corrected chi connectivity index (χ3v) is 4.22. The SMILES string of the molecule is CCOP(=O)(O)/C=C/[C@H]1OC(n2cnc(C(N)=O)n2)[C@H](O)[C@@H]1O. The molecule has 0 aliphatic carbocycles. The first-order valence-electron chi connectivity index (χ1n) is 6.64. The molecular formula is C11H17N4O7P. The minimum absolute atomic E-state index is 0.0340. The Morgan fingerprint density at radius 1 is 1.57 bits per heavy atom. The van der Waals surface area contributed by atoms with Crippen LogP contribution in [0.2, 0.25) is 0 Å². The number of aliphatic hydroxyl groups excluding tert-OH is 2. The van der Waals surface area contributed by atoms with Gasteiger partial charge in [0, 0.05) is 5.82 Å². The second-order valence-electron chi connectivity index (χ2n) is 4.71. The van der Waals surface area contributed by atoms with Crippen molar-refractivity contribution in [1.82, 2.24) is 14.8 Å². The summed E-state index contributed by atoms with van der Waals surface area (Å²) in [6.45, 7) is 1.59. The van der Waals surface area contributed by atoms with E-state index in [1.807, 2.05) is 0 Å². The van der Waals surface area contributed by atoms with Crippen LogP contribution in [0, 0.1) is 0 Å². The molecule has 1 fully saturated rings. The molecule has 0 bridgehead atoms. The van der Waals surface area contributed by atoms with Crippen molar-refractivity contribution in [2.24, 2.45) is 5.73 Å². The van der Waals surface area contributed by atoms with E-state index >= 15 is 0 Å². The summed E-state index contributed by atoms with van der Waals surface area (Å²) in [6.07, 6.45) is -2.74. The monoisotopic (exact) mass is 348 g/mol. The lowest BCUT2D eigenvalue weighted by Crippen LogP contribution is -2.31. The lowest BCUT2D eigenvalue weighted by Gasteiger charge is -2.13. The molecule has 1 aliphatic rings.